The first kappa shape index (κ1) is 17.1. The fraction of sp³-hybridized carbons (Fsp3) is 0.857. The van der Waals surface area contributed by atoms with Crippen molar-refractivity contribution in [1.29, 1.82) is 0 Å². The molecule has 2 heterocycles. The monoisotopic (exact) mass is 321 g/mol. The van der Waals surface area contributed by atoms with Gasteiger partial charge in [0.15, 0.2) is 0 Å². The Labute approximate surface area is 127 Å². The van der Waals surface area contributed by atoms with Gasteiger partial charge in [-0.3, -0.25) is 14.5 Å². The minimum absolute atomic E-state index is 0.105. The molecule has 0 aromatic heterocycles. The molecule has 126 valence electrons. The van der Waals surface area contributed by atoms with Crippen LogP contribution >= 0.6 is 0 Å². The lowest BCUT2D eigenvalue weighted by molar-refractivity contribution is -0.148. The maximum absolute atomic E-state index is 12.3. The van der Waals surface area contributed by atoms with Gasteiger partial charge in [-0.2, -0.15) is 13.2 Å². The van der Waals surface area contributed by atoms with Crippen LogP contribution in [0.1, 0.15) is 25.7 Å². The van der Waals surface area contributed by atoms with Gasteiger partial charge < -0.3 is 10.6 Å². The Kier molecular flexibility index (Phi) is 5.66. The zero-order valence-corrected chi connectivity index (χ0v) is 12.4. The lowest BCUT2D eigenvalue weighted by Gasteiger charge is -2.32. The minimum Gasteiger partial charge on any atom is -0.356 e. The van der Waals surface area contributed by atoms with E-state index in [4.69, 9.17) is 0 Å². The predicted molar refractivity (Wildman–Crippen MR) is 74.0 cm³/mol. The molecule has 1 unspecified atom stereocenters. The highest BCUT2D eigenvalue weighted by molar-refractivity contribution is 5.86. The molecule has 0 radical (unpaired) electrons. The number of likely N-dealkylation sites (tertiary alicyclic amines) is 1. The van der Waals surface area contributed by atoms with Gasteiger partial charge in [-0.05, 0) is 38.3 Å². The van der Waals surface area contributed by atoms with E-state index in [1.54, 1.807) is 0 Å². The van der Waals surface area contributed by atoms with Crippen LogP contribution in [0.2, 0.25) is 0 Å². The molecule has 8 heteroatoms. The third-order valence-electron chi connectivity index (χ3n) is 4.29. The molecule has 0 spiro atoms. The van der Waals surface area contributed by atoms with E-state index >= 15 is 0 Å². The van der Waals surface area contributed by atoms with Gasteiger partial charge in [0.05, 0.1) is 6.54 Å². The predicted octanol–water partition coefficient (Wildman–Crippen LogP) is 0.903. The summed E-state index contributed by atoms with van der Waals surface area (Å²) in [7, 11) is 0. The van der Waals surface area contributed by atoms with E-state index in [-0.39, 0.29) is 30.1 Å². The standard InChI is InChI=1S/C14H22F3N3O2/c15-14(16,17)9-20-5-2-10(3-6-20)8-19-13(22)11-1-4-18-12(21)7-11/h10-11H,1-9H2,(H,18,21)(H,19,22). The molecule has 0 aliphatic carbocycles. The Morgan fingerprint density at radius 1 is 1.27 bits per heavy atom. The van der Waals surface area contributed by atoms with Crippen molar-refractivity contribution in [3.8, 4) is 0 Å². The number of carbonyl (C=O) groups excluding carboxylic acids is 2. The van der Waals surface area contributed by atoms with Gasteiger partial charge in [-0.15, -0.1) is 0 Å². The van der Waals surface area contributed by atoms with Gasteiger partial charge >= 0.3 is 6.18 Å². The van der Waals surface area contributed by atoms with Crippen LogP contribution in [-0.2, 0) is 9.59 Å². The Balaban J connectivity index is 1.66. The molecule has 2 saturated heterocycles. The number of rotatable bonds is 4. The third kappa shape index (κ3) is 5.47. The maximum Gasteiger partial charge on any atom is 0.401 e. The molecule has 2 amide bonds. The highest BCUT2D eigenvalue weighted by atomic mass is 19.4. The molecule has 2 rings (SSSR count). The second-order valence-corrected chi connectivity index (χ2v) is 6.12. The average molecular weight is 321 g/mol. The van der Waals surface area contributed by atoms with E-state index in [1.165, 1.54) is 4.90 Å². The number of halogens is 3. The first-order chi connectivity index (χ1) is 10.3. The van der Waals surface area contributed by atoms with Crippen molar-refractivity contribution in [2.45, 2.75) is 31.9 Å². The lowest BCUT2D eigenvalue weighted by atomic mass is 9.94. The van der Waals surface area contributed by atoms with Crippen LogP contribution in [0.15, 0.2) is 0 Å². The zero-order valence-electron chi connectivity index (χ0n) is 12.4. The SMILES string of the molecule is O=C1CC(C(=O)NCC2CCN(CC(F)(F)F)CC2)CCN1. The summed E-state index contributed by atoms with van der Waals surface area (Å²) in [5.41, 5.74) is 0. The average Bonchev–Trinajstić information content (AvgIpc) is 2.44. The summed E-state index contributed by atoms with van der Waals surface area (Å²) < 4.78 is 36.9. The van der Waals surface area contributed by atoms with Crippen LogP contribution in [0.4, 0.5) is 13.2 Å². The first-order valence-electron chi connectivity index (χ1n) is 7.67. The molecular formula is C14H22F3N3O2. The van der Waals surface area contributed by atoms with E-state index in [0.29, 0.717) is 45.4 Å². The number of nitrogens with zero attached hydrogens (tertiary/aromatic N) is 1. The van der Waals surface area contributed by atoms with Crippen LogP contribution in [0, 0.1) is 11.8 Å². The van der Waals surface area contributed by atoms with E-state index in [9.17, 15) is 22.8 Å². The summed E-state index contributed by atoms with van der Waals surface area (Å²) in [6.45, 7) is 0.963. The molecule has 1 atom stereocenters. The highest BCUT2D eigenvalue weighted by Crippen LogP contribution is 2.22. The summed E-state index contributed by atoms with van der Waals surface area (Å²) in [5.74, 6) is -0.288. The molecule has 2 aliphatic rings. The normalized spacial score (nSPS) is 24.9. The summed E-state index contributed by atoms with van der Waals surface area (Å²) >= 11 is 0. The van der Waals surface area contributed by atoms with Crippen LogP contribution in [-0.4, -0.2) is 55.6 Å². The number of hydrogen-bond donors (Lipinski definition) is 2. The van der Waals surface area contributed by atoms with E-state index in [1.807, 2.05) is 0 Å². The van der Waals surface area contributed by atoms with Crippen molar-refractivity contribution >= 4 is 11.8 Å². The molecule has 0 saturated carbocycles. The number of alkyl halides is 3. The highest BCUT2D eigenvalue weighted by Gasteiger charge is 2.32. The zero-order chi connectivity index (χ0) is 16.2. The molecule has 0 aromatic carbocycles. The number of nitrogens with one attached hydrogen (secondary N) is 2. The second kappa shape index (κ2) is 7.30. The van der Waals surface area contributed by atoms with Gasteiger partial charge in [0.1, 0.15) is 0 Å². The van der Waals surface area contributed by atoms with E-state index < -0.39 is 12.7 Å². The number of carbonyl (C=O) groups is 2. The summed E-state index contributed by atoms with van der Waals surface area (Å²) in [5, 5.41) is 5.53. The van der Waals surface area contributed by atoms with Gasteiger partial charge in [-0.1, -0.05) is 0 Å². The fourth-order valence-electron chi connectivity index (χ4n) is 3.00. The van der Waals surface area contributed by atoms with Crippen molar-refractivity contribution < 1.29 is 22.8 Å². The van der Waals surface area contributed by atoms with Crippen LogP contribution in [0.25, 0.3) is 0 Å². The molecule has 0 bridgehead atoms. The molecule has 5 nitrogen and oxygen atoms in total. The molecule has 2 N–H and O–H groups in total. The van der Waals surface area contributed by atoms with Gasteiger partial charge in [0.2, 0.25) is 11.8 Å². The maximum atomic E-state index is 12.3. The fourth-order valence-corrected chi connectivity index (χ4v) is 3.00. The van der Waals surface area contributed by atoms with Crippen molar-refractivity contribution in [3.63, 3.8) is 0 Å². The first-order valence-corrected chi connectivity index (χ1v) is 7.67. The largest absolute Gasteiger partial charge is 0.401 e. The summed E-state index contributed by atoms with van der Waals surface area (Å²) in [6.07, 6.45) is -1.98. The number of piperidine rings is 2. The minimum atomic E-state index is -4.15. The summed E-state index contributed by atoms with van der Waals surface area (Å²) in [6, 6.07) is 0. The number of amides is 2. The van der Waals surface area contributed by atoms with Crippen LogP contribution < -0.4 is 10.6 Å². The van der Waals surface area contributed by atoms with Gasteiger partial charge in [0.25, 0.3) is 0 Å². The van der Waals surface area contributed by atoms with Crippen LogP contribution in [0.5, 0.6) is 0 Å². The third-order valence-corrected chi connectivity index (χ3v) is 4.29. The molecule has 2 aliphatic heterocycles. The Morgan fingerprint density at radius 3 is 2.55 bits per heavy atom. The van der Waals surface area contributed by atoms with Crippen molar-refractivity contribution in [2.24, 2.45) is 11.8 Å². The lowest BCUT2D eigenvalue weighted by Crippen LogP contribution is -2.45. The Hall–Kier alpha value is -1.31. The van der Waals surface area contributed by atoms with Crippen molar-refractivity contribution in [1.82, 2.24) is 15.5 Å². The molecular weight excluding hydrogens is 299 g/mol. The van der Waals surface area contributed by atoms with Crippen molar-refractivity contribution in [3.05, 3.63) is 0 Å². The Bertz CT molecular complexity index is 407. The summed E-state index contributed by atoms with van der Waals surface area (Å²) in [4.78, 5) is 24.6. The molecule has 2 fully saturated rings. The molecule has 0 aromatic rings. The van der Waals surface area contributed by atoms with Gasteiger partial charge in [-0.25, -0.2) is 0 Å². The topological polar surface area (TPSA) is 61.4 Å². The smallest absolute Gasteiger partial charge is 0.356 e. The van der Waals surface area contributed by atoms with E-state index in [2.05, 4.69) is 10.6 Å². The van der Waals surface area contributed by atoms with Crippen molar-refractivity contribution in [2.75, 3.05) is 32.7 Å². The van der Waals surface area contributed by atoms with Crippen LogP contribution in [0.3, 0.4) is 0 Å². The quantitative estimate of drug-likeness (QED) is 0.809. The van der Waals surface area contributed by atoms with E-state index in [0.717, 1.165) is 0 Å². The second-order valence-electron chi connectivity index (χ2n) is 6.12. The van der Waals surface area contributed by atoms with Gasteiger partial charge in [0, 0.05) is 25.4 Å². The number of hydrogen-bond acceptors (Lipinski definition) is 3. The molecule has 22 heavy (non-hydrogen) atoms. The Morgan fingerprint density at radius 2 is 1.95 bits per heavy atom.